The lowest BCUT2D eigenvalue weighted by Crippen LogP contribution is -2.49. The number of rotatable bonds is 0. The molecular formula is C16H26N2O6-2. The summed E-state index contributed by atoms with van der Waals surface area (Å²) in [7, 11) is 0. The van der Waals surface area contributed by atoms with Crippen molar-refractivity contribution >= 4 is 11.9 Å². The molecule has 8 nitrogen and oxygen atoms in total. The molecule has 4 aliphatic heterocycles. The third-order valence-corrected chi connectivity index (χ3v) is 5.13. The summed E-state index contributed by atoms with van der Waals surface area (Å²) < 4.78 is 10.4. The van der Waals surface area contributed by atoms with Gasteiger partial charge >= 0.3 is 0 Å². The lowest BCUT2D eigenvalue weighted by molar-refractivity contribution is -0.345. The molecule has 2 N–H and O–H groups in total. The summed E-state index contributed by atoms with van der Waals surface area (Å²) >= 11 is 0. The summed E-state index contributed by atoms with van der Waals surface area (Å²) in [6.07, 6.45) is 5.31. The largest absolute Gasteiger partial charge is 0.543 e. The van der Waals surface area contributed by atoms with Crippen LogP contribution in [0.1, 0.15) is 25.7 Å². The normalized spacial score (nSPS) is 25.8. The molecule has 4 rings (SSSR count). The topological polar surface area (TPSA) is 123 Å². The number of hydrogen-bond donors (Lipinski definition) is 2. The van der Waals surface area contributed by atoms with Crippen molar-refractivity contribution in [1.29, 1.82) is 0 Å². The molecule has 0 atom stereocenters. The second-order valence-corrected chi connectivity index (χ2v) is 7.06. The quantitative estimate of drug-likeness (QED) is 0.455. The second kappa shape index (κ2) is 8.75. The van der Waals surface area contributed by atoms with E-state index < -0.39 is 11.9 Å². The molecule has 4 aliphatic rings. The van der Waals surface area contributed by atoms with Gasteiger partial charge in [-0.05, 0) is 51.9 Å². The molecule has 4 saturated heterocycles. The van der Waals surface area contributed by atoms with Crippen LogP contribution in [0.4, 0.5) is 0 Å². The lowest BCUT2D eigenvalue weighted by atomic mass is 9.77. The van der Waals surface area contributed by atoms with Gasteiger partial charge in [0.1, 0.15) is 0 Å². The van der Waals surface area contributed by atoms with Crippen molar-refractivity contribution in [2.45, 2.75) is 25.7 Å². The molecule has 0 saturated carbocycles. The molecule has 0 aromatic carbocycles. The second-order valence-electron chi connectivity index (χ2n) is 7.06. The maximum atomic E-state index is 8.93. The number of carboxylic acid groups (broad SMARTS) is 2. The smallest absolute Gasteiger partial charge is 0.0870 e. The number of ether oxygens (including phenoxy) is 2. The van der Waals surface area contributed by atoms with Gasteiger partial charge in [-0.3, -0.25) is 0 Å². The highest BCUT2D eigenvalue weighted by Gasteiger charge is 2.39. The van der Waals surface area contributed by atoms with Crippen molar-refractivity contribution in [1.82, 2.24) is 10.6 Å². The minimum absolute atomic E-state index is 0.616. The molecule has 4 fully saturated rings. The minimum Gasteiger partial charge on any atom is -0.543 e. The zero-order valence-corrected chi connectivity index (χ0v) is 13.9. The fourth-order valence-electron chi connectivity index (χ4n) is 3.27. The van der Waals surface area contributed by atoms with Gasteiger partial charge in [0.25, 0.3) is 0 Å². The predicted molar refractivity (Wildman–Crippen MR) is 80.7 cm³/mol. The molecule has 0 amide bonds. The number of carbonyl (C=O) groups excluding carboxylic acids is 2. The zero-order valence-electron chi connectivity index (χ0n) is 13.9. The molecule has 8 heteroatoms. The fraction of sp³-hybridized carbons (Fsp3) is 0.875. The number of aliphatic carboxylic acids is 2. The minimum atomic E-state index is -2.19. The molecule has 138 valence electrons. The van der Waals surface area contributed by atoms with Crippen molar-refractivity contribution in [2.75, 3.05) is 52.6 Å². The van der Waals surface area contributed by atoms with Gasteiger partial charge in [0.15, 0.2) is 0 Å². The molecule has 24 heavy (non-hydrogen) atoms. The number of carbonyl (C=O) groups is 2. The summed E-state index contributed by atoms with van der Waals surface area (Å²) in [5.41, 5.74) is 1.23. The van der Waals surface area contributed by atoms with Gasteiger partial charge < -0.3 is 39.9 Å². The van der Waals surface area contributed by atoms with Crippen LogP contribution in [0.25, 0.3) is 0 Å². The van der Waals surface area contributed by atoms with Crippen LogP contribution in [-0.2, 0) is 19.1 Å². The summed E-state index contributed by atoms with van der Waals surface area (Å²) in [5, 5.41) is 24.6. The maximum Gasteiger partial charge on any atom is 0.0870 e. The highest BCUT2D eigenvalue weighted by atomic mass is 16.5. The average molecular weight is 342 g/mol. The van der Waals surface area contributed by atoms with Crippen molar-refractivity contribution in [3.63, 3.8) is 0 Å². The summed E-state index contributed by atoms with van der Waals surface area (Å²) in [6.45, 7) is 8.88. The zero-order chi connectivity index (χ0) is 17.5. The molecular weight excluding hydrogens is 316 g/mol. The van der Waals surface area contributed by atoms with Crippen LogP contribution in [0.2, 0.25) is 0 Å². The SMILES string of the molecule is C1CC2(CCN1)COC2.C1CC2(CCN1)COC2.O=C([O-])C(=O)[O-]. The van der Waals surface area contributed by atoms with E-state index in [1.54, 1.807) is 0 Å². The number of carboxylic acids is 2. The molecule has 0 aromatic heterocycles. The van der Waals surface area contributed by atoms with Crippen LogP contribution in [0, 0.1) is 10.8 Å². The predicted octanol–water partition coefficient (Wildman–Crippen LogP) is -2.74. The Hall–Kier alpha value is -1.22. The molecule has 4 heterocycles. The van der Waals surface area contributed by atoms with E-state index in [0.29, 0.717) is 10.8 Å². The molecule has 0 bridgehead atoms. The first-order valence-electron chi connectivity index (χ1n) is 8.46. The highest BCUT2D eigenvalue weighted by molar-refractivity contribution is 6.25. The van der Waals surface area contributed by atoms with E-state index in [1.807, 2.05) is 0 Å². The Morgan fingerprint density at radius 2 is 0.958 bits per heavy atom. The van der Waals surface area contributed by atoms with E-state index in [-0.39, 0.29) is 0 Å². The van der Waals surface area contributed by atoms with Crippen LogP contribution >= 0.6 is 0 Å². The number of nitrogens with one attached hydrogen (secondary N) is 2. The van der Waals surface area contributed by atoms with E-state index in [2.05, 4.69) is 10.6 Å². The first kappa shape index (κ1) is 19.1. The Labute approximate surface area is 141 Å². The van der Waals surface area contributed by atoms with E-state index in [9.17, 15) is 0 Å². The third kappa shape index (κ3) is 5.41. The van der Waals surface area contributed by atoms with Gasteiger partial charge in [-0.15, -0.1) is 0 Å². The standard InChI is InChI=1S/2C7H13NO.C2H2O4/c2*1-3-8-4-2-7(1)5-9-6-7;3-1(4)2(5)6/h2*8H,1-6H2;(H,3,4)(H,5,6)/p-2. The molecule has 0 aliphatic carbocycles. The third-order valence-electron chi connectivity index (χ3n) is 5.13. The fourth-order valence-corrected chi connectivity index (χ4v) is 3.27. The Balaban J connectivity index is 0.000000134. The van der Waals surface area contributed by atoms with Crippen LogP contribution < -0.4 is 20.8 Å². The van der Waals surface area contributed by atoms with Crippen LogP contribution in [0.15, 0.2) is 0 Å². The average Bonchev–Trinajstić information content (AvgIpc) is 2.55. The van der Waals surface area contributed by atoms with Crippen molar-refractivity contribution < 1.29 is 29.3 Å². The molecule has 0 unspecified atom stereocenters. The Morgan fingerprint density at radius 1 is 0.667 bits per heavy atom. The van der Waals surface area contributed by atoms with Gasteiger partial charge in [0.05, 0.1) is 38.4 Å². The number of piperidine rings is 2. The summed E-state index contributed by atoms with van der Waals surface area (Å²) in [5.74, 6) is -4.37. The first-order chi connectivity index (χ1) is 11.5. The van der Waals surface area contributed by atoms with Crippen molar-refractivity contribution in [2.24, 2.45) is 10.8 Å². The van der Waals surface area contributed by atoms with E-state index in [1.165, 1.54) is 51.9 Å². The van der Waals surface area contributed by atoms with E-state index in [4.69, 9.17) is 29.3 Å². The Kier molecular flexibility index (Phi) is 6.97. The summed E-state index contributed by atoms with van der Waals surface area (Å²) in [6, 6.07) is 0. The molecule has 0 radical (unpaired) electrons. The van der Waals surface area contributed by atoms with Crippen LogP contribution in [-0.4, -0.2) is 64.5 Å². The van der Waals surface area contributed by atoms with Gasteiger partial charge in [-0.1, -0.05) is 0 Å². The van der Waals surface area contributed by atoms with Gasteiger partial charge in [0, 0.05) is 10.8 Å². The van der Waals surface area contributed by atoms with Gasteiger partial charge in [-0.25, -0.2) is 0 Å². The van der Waals surface area contributed by atoms with E-state index in [0.717, 1.165) is 26.4 Å². The summed E-state index contributed by atoms with van der Waals surface area (Å²) in [4.78, 5) is 17.9. The highest BCUT2D eigenvalue weighted by Crippen LogP contribution is 2.36. The van der Waals surface area contributed by atoms with Crippen molar-refractivity contribution in [3.05, 3.63) is 0 Å². The van der Waals surface area contributed by atoms with Gasteiger partial charge in [-0.2, -0.15) is 0 Å². The Bertz CT molecular complexity index is 378. The monoisotopic (exact) mass is 342 g/mol. The first-order valence-corrected chi connectivity index (χ1v) is 8.46. The maximum absolute atomic E-state index is 8.93. The molecule has 0 aromatic rings. The van der Waals surface area contributed by atoms with Gasteiger partial charge in [0.2, 0.25) is 0 Å². The van der Waals surface area contributed by atoms with Crippen molar-refractivity contribution in [3.8, 4) is 0 Å². The van der Waals surface area contributed by atoms with E-state index >= 15 is 0 Å². The Morgan fingerprint density at radius 3 is 1.08 bits per heavy atom. The number of hydrogen-bond acceptors (Lipinski definition) is 8. The molecule has 2 spiro atoms. The van der Waals surface area contributed by atoms with Crippen LogP contribution in [0.3, 0.4) is 0 Å². The lowest BCUT2D eigenvalue weighted by Gasteiger charge is -2.44. The van der Waals surface area contributed by atoms with Crippen LogP contribution in [0.5, 0.6) is 0 Å².